The second-order valence-corrected chi connectivity index (χ2v) is 5.51. The second-order valence-electron chi connectivity index (χ2n) is 5.51. The Morgan fingerprint density at radius 3 is 2.57 bits per heavy atom. The molecule has 23 heavy (non-hydrogen) atoms. The van der Waals surface area contributed by atoms with Crippen LogP contribution in [-0.4, -0.2) is 52.3 Å². The fourth-order valence-corrected chi connectivity index (χ4v) is 2.58. The number of piperazine rings is 1. The van der Waals surface area contributed by atoms with E-state index in [1.807, 2.05) is 6.92 Å². The second kappa shape index (κ2) is 6.64. The molecule has 2 N–H and O–H groups in total. The van der Waals surface area contributed by atoms with Gasteiger partial charge in [0.2, 0.25) is 5.95 Å². The summed E-state index contributed by atoms with van der Waals surface area (Å²) in [6.07, 6.45) is 1.47. The summed E-state index contributed by atoms with van der Waals surface area (Å²) in [4.78, 5) is 20.3. The molecule has 0 bridgehead atoms. The lowest BCUT2D eigenvalue weighted by atomic mass is 10.1. The van der Waals surface area contributed by atoms with Gasteiger partial charge < -0.3 is 15.1 Å². The third kappa shape index (κ3) is 3.58. The lowest BCUT2D eigenvalue weighted by molar-refractivity contribution is 0.191. The Labute approximate surface area is 133 Å². The van der Waals surface area contributed by atoms with Crippen molar-refractivity contribution in [1.29, 1.82) is 0 Å². The molecule has 3 rings (SSSR count). The van der Waals surface area contributed by atoms with Crippen LogP contribution in [0.1, 0.15) is 18.5 Å². The first-order valence-electron chi connectivity index (χ1n) is 7.54. The van der Waals surface area contributed by atoms with E-state index in [0.717, 1.165) is 11.5 Å². The standard InChI is InChI=1S/C15H19FN6O/c1-11(12-2-4-13(16)5-3-12)19-15(23)22-8-6-21(7-9-22)14-17-10-18-20-14/h2-5,10-11H,6-9H2,1H3,(H,19,23)(H,17,18,20)/t11-/m1/s1. The number of aromatic nitrogens is 3. The molecule has 1 aromatic carbocycles. The molecule has 122 valence electrons. The third-order valence-electron chi connectivity index (χ3n) is 3.98. The molecule has 1 atom stereocenters. The monoisotopic (exact) mass is 318 g/mol. The zero-order chi connectivity index (χ0) is 16.2. The summed E-state index contributed by atoms with van der Waals surface area (Å²) in [7, 11) is 0. The Morgan fingerprint density at radius 2 is 1.96 bits per heavy atom. The number of anilines is 1. The number of H-pyrrole nitrogens is 1. The van der Waals surface area contributed by atoms with Crippen molar-refractivity contribution in [1.82, 2.24) is 25.4 Å². The molecule has 1 aliphatic heterocycles. The molecule has 8 heteroatoms. The van der Waals surface area contributed by atoms with E-state index >= 15 is 0 Å². The Morgan fingerprint density at radius 1 is 1.26 bits per heavy atom. The molecule has 2 aromatic rings. The topological polar surface area (TPSA) is 77.2 Å². The Hall–Kier alpha value is -2.64. The van der Waals surface area contributed by atoms with Crippen LogP contribution >= 0.6 is 0 Å². The minimum atomic E-state index is -0.282. The fraction of sp³-hybridized carbons (Fsp3) is 0.400. The molecule has 1 aromatic heterocycles. The smallest absolute Gasteiger partial charge is 0.317 e. The number of urea groups is 1. The lowest BCUT2D eigenvalue weighted by Crippen LogP contribution is -2.52. The van der Waals surface area contributed by atoms with Crippen molar-refractivity contribution in [3.8, 4) is 0 Å². The highest BCUT2D eigenvalue weighted by Crippen LogP contribution is 2.14. The predicted molar refractivity (Wildman–Crippen MR) is 83.5 cm³/mol. The van der Waals surface area contributed by atoms with E-state index in [1.165, 1.54) is 18.5 Å². The summed E-state index contributed by atoms with van der Waals surface area (Å²) < 4.78 is 12.9. The summed E-state index contributed by atoms with van der Waals surface area (Å²) in [5, 5.41) is 9.60. The highest BCUT2D eigenvalue weighted by Gasteiger charge is 2.23. The van der Waals surface area contributed by atoms with E-state index in [-0.39, 0.29) is 17.9 Å². The molecule has 0 radical (unpaired) electrons. The van der Waals surface area contributed by atoms with Crippen molar-refractivity contribution < 1.29 is 9.18 Å². The zero-order valence-corrected chi connectivity index (χ0v) is 12.9. The number of benzene rings is 1. The van der Waals surface area contributed by atoms with Gasteiger partial charge in [-0.05, 0) is 24.6 Å². The molecule has 2 amide bonds. The van der Waals surface area contributed by atoms with Crippen LogP contribution in [0.2, 0.25) is 0 Å². The van der Waals surface area contributed by atoms with E-state index < -0.39 is 0 Å². The Kier molecular flexibility index (Phi) is 4.40. The van der Waals surface area contributed by atoms with Crippen LogP contribution in [0.15, 0.2) is 30.6 Å². The highest BCUT2D eigenvalue weighted by atomic mass is 19.1. The first-order chi connectivity index (χ1) is 11.1. The van der Waals surface area contributed by atoms with Crippen LogP contribution in [0.5, 0.6) is 0 Å². The van der Waals surface area contributed by atoms with E-state index in [0.29, 0.717) is 26.2 Å². The number of hydrogen-bond donors (Lipinski definition) is 2. The summed E-state index contributed by atoms with van der Waals surface area (Å²) in [5.41, 5.74) is 0.875. The molecular formula is C15H19FN6O. The van der Waals surface area contributed by atoms with Crippen molar-refractivity contribution in [2.45, 2.75) is 13.0 Å². The normalized spacial score (nSPS) is 16.3. The summed E-state index contributed by atoms with van der Waals surface area (Å²) in [6, 6.07) is 5.88. The number of halogens is 1. The molecule has 2 heterocycles. The van der Waals surface area contributed by atoms with E-state index in [9.17, 15) is 9.18 Å². The largest absolute Gasteiger partial charge is 0.338 e. The average molecular weight is 318 g/mol. The van der Waals surface area contributed by atoms with Gasteiger partial charge in [-0.3, -0.25) is 0 Å². The molecular weight excluding hydrogens is 299 g/mol. The maximum Gasteiger partial charge on any atom is 0.317 e. The number of nitrogens with one attached hydrogen (secondary N) is 2. The molecule has 1 fully saturated rings. The summed E-state index contributed by atoms with van der Waals surface area (Å²) >= 11 is 0. The lowest BCUT2D eigenvalue weighted by Gasteiger charge is -2.35. The molecule has 0 aliphatic carbocycles. The maximum atomic E-state index is 12.9. The van der Waals surface area contributed by atoms with Gasteiger partial charge >= 0.3 is 6.03 Å². The summed E-state index contributed by atoms with van der Waals surface area (Å²) in [6.45, 7) is 4.52. The number of nitrogens with zero attached hydrogens (tertiary/aromatic N) is 4. The van der Waals surface area contributed by atoms with Crippen molar-refractivity contribution >= 4 is 12.0 Å². The fourth-order valence-electron chi connectivity index (χ4n) is 2.58. The van der Waals surface area contributed by atoms with Gasteiger partial charge in [-0.15, -0.1) is 0 Å². The van der Waals surface area contributed by atoms with Crippen molar-refractivity contribution in [2.24, 2.45) is 0 Å². The van der Waals surface area contributed by atoms with Gasteiger partial charge in [0.25, 0.3) is 0 Å². The van der Waals surface area contributed by atoms with Crippen molar-refractivity contribution in [3.63, 3.8) is 0 Å². The van der Waals surface area contributed by atoms with Crippen molar-refractivity contribution in [2.75, 3.05) is 31.1 Å². The van der Waals surface area contributed by atoms with Gasteiger partial charge in [0.15, 0.2) is 0 Å². The minimum Gasteiger partial charge on any atom is -0.338 e. The van der Waals surface area contributed by atoms with Gasteiger partial charge in [-0.25, -0.2) is 14.3 Å². The van der Waals surface area contributed by atoms with Crippen molar-refractivity contribution in [3.05, 3.63) is 42.0 Å². The number of rotatable bonds is 3. The van der Waals surface area contributed by atoms with Crippen LogP contribution in [0, 0.1) is 5.82 Å². The third-order valence-corrected chi connectivity index (χ3v) is 3.98. The molecule has 1 aliphatic rings. The predicted octanol–water partition coefficient (Wildman–Crippen LogP) is 1.54. The van der Waals surface area contributed by atoms with Gasteiger partial charge in [0, 0.05) is 26.2 Å². The number of aromatic amines is 1. The van der Waals surface area contributed by atoms with Crippen LogP contribution in [0.4, 0.5) is 15.1 Å². The molecule has 0 saturated carbocycles. The number of hydrogen-bond acceptors (Lipinski definition) is 4. The number of carbonyl (C=O) groups excluding carboxylic acids is 1. The number of carbonyl (C=O) groups is 1. The van der Waals surface area contributed by atoms with Crippen LogP contribution in [-0.2, 0) is 0 Å². The Bertz CT molecular complexity index is 636. The minimum absolute atomic E-state index is 0.112. The van der Waals surface area contributed by atoms with Crippen LogP contribution in [0.25, 0.3) is 0 Å². The van der Waals surface area contributed by atoms with Crippen LogP contribution in [0.3, 0.4) is 0 Å². The first-order valence-corrected chi connectivity index (χ1v) is 7.54. The molecule has 0 spiro atoms. The van der Waals surface area contributed by atoms with E-state index in [1.54, 1.807) is 17.0 Å². The zero-order valence-electron chi connectivity index (χ0n) is 12.9. The van der Waals surface area contributed by atoms with Gasteiger partial charge in [-0.1, -0.05) is 12.1 Å². The first kappa shape index (κ1) is 15.3. The van der Waals surface area contributed by atoms with E-state index in [4.69, 9.17) is 0 Å². The summed E-state index contributed by atoms with van der Waals surface area (Å²) in [5.74, 6) is 0.445. The Balaban J connectivity index is 1.52. The quantitative estimate of drug-likeness (QED) is 0.900. The van der Waals surface area contributed by atoms with Crippen LogP contribution < -0.4 is 10.2 Å². The molecule has 0 unspecified atom stereocenters. The van der Waals surface area contributed by atoms with Gasteiger partial charge in [0.1, 0.15) is 12.1 Å². The molecule has 7 nitrogen and oxygen atoms in total. The average Bonchev–Trinajstić information content (AvgIpc) is 3.10. The maximum absolute atomic E-state index is 12.9. The SMILES string of the molecule is C[C@@H](NC(=O)N1CCN(c2ncn[nH]2)CC1)c1ccc(F)cc1. The van der Waals surface area contributed by atoms with E-state index in [2.05, 4.69) is 25.4 Å². The van der Waals surface area contributed by atoms with Gasteiger partial charge in [-0.2, -0.15) is 10.1 Å². The highest BCUT2D eigenvalue weighted by molar-refractivity contribution is 5.75. The number of amides is 2. The molecule has 1 saturated heterocycles. The van der Waals surface area contributed by atoms with Gasteiger partial charge in [0.05, 0.1) is 6.04 Å².